The fourth-order valence-corrected chi connectivity index (χ4v) is 2.02. The van der Waals surface area contributed by atoms with E-state index in [9.17, 15) is 13.2 Å². The van der Waals surface area contributed by atoms with Gasteiger partial charge in [-0.2, -0.15) is 13.2 Å². The van der Waals surface area contributed by atoms with Crippen molar-refractivity contribution in [1.82, 2.24) is 0 Å². The van der Waals surface area contributed by atoms with Crippen molar-refractivity contribution in [2.45, 2.75) is 25.4 Å². The molecule has 0 saturated heterocycles. The zero-order chi connectivity index (χ0) is 11.8. The highest BCUT2D eigenvalue weighted by Gasteiger charge is 2.31. The molecule has 2 nitrogen and oxygen atoms in total. The van der Waals surface area contributed by atoms with E-state index in [1.165, 1.54) is 0 Å². The van der Waals surface area contributed by atoms with Gasteiger partial charge in [0.15, 0.2) is 0 Å². The van der Waals surface area contributed by atoms with Gasteiger partial charge in [-0.05, 0) is 24.5 Å². The van der Waals surface area contributed by atoms with Crippen molar-refractivity contribution >= 4 is 11.4 Å². The molecule has 88 valence electrons. The van der Waals surface area contributed by atoms with E-state index in [1.807, 2.05) is 0 Å². The van der Waals surface area contributed by atoms with Crippen LogP contribution in [0.5, 0.6) is 0 Å². The molecular weight excluding hydrogens is 217 g/mol. The maximum absolute atomic E-state index is 12.4. The standard InChI is InChI=1S/C11H13F3N2/c12-11(13,14)6-8-9(15)4-3-7-2-1-5-16-10(7)8/h3-4,16H,1-2,5-6,15H2. The molecule has 1 aliphatic rings. The van der Waals surface area contributed by atoms with Crippen LogP contribution in [-0.2, 0) is 12.8 Å². The monoisotopic (exact) mass is 230 g/mol. The Hall–Kier alpha value is -1.39. The van der Waals surface area contributed by atoms with Crippen LogP contribution < -0.4 is 11.1 Å². The summed E-state index contributed by atoms with van der Waals surface area (Å²) < 4.78 is 37.2. The molecule has 0 radical (unpaired) electrons. The topological polar surface area (TPSA) is 38.0 Å². The lowest BCUT2D eigenvalue weighted by Crippen LogP contribution is -2.19. The van der Waals surface area contributed by atoms with Gasteiger partial charge in [0.1, 0.15) is 0 Å². The third kappa shape index (κ3) is 2.23. The Morgan fingerprint density at radius 3 is 2.75 bits per heavy atom. The van der Waals surface area contributed by atoms with Crippen LogP contribution in [0.3, 0.4) is 0 Å². The highest BCUT2D eigenvalue weighted by atomic mass is 19.4. The number of benzene rings is 1. The smallest absolute Gasteiger partial charge is 0.393 e. The van der Waals surface area contributed by atoms with Crippen LogP contribution in [0, 0.1) is 0 Å². The van der Waals surface area contributed by atoms with E-state index in [4.69, 9.17) is 5.73 Å². The molecule has 0 aliphatic carbocycles. The summed E-state index contributed by atoms with van der Waals surface area (Å²) in [4.78, 5) is 0. The molecule has 1 aromatic carbocycles. The van der Waals surface area contributed by atoms with Gasteiger partial charge in [-0.25, -0.2) is 0 Å². The first kappa shape index (κ1) is 11.1. The Morgan fingerprint density at radius 1 is 1.31 bits per heavy atom. The molecule has 0 aromatic heterocycles. The number of hydrogen-bond acceptors (Lipinski definition) is 2. The number of nitrogens with one attached hydrogen (secondary N) is 1. The van der Waals surface area contributed by atoms with Crippen LogP contribution in [0.4, 0.5) is 24.5 Å². The molecule has 0 amide bonds. The van der Waals surface area contributed by atoms with E-state index >= 15 is 0 Å². The quantitative estimate of drug-likeness (QED) is 0.728. The molecule has 0 fully saturated rings. The summed E-state index contributed by atoms with van der Waals surface area (Å²) in [5.41, 5.74) is 7.53. The van der Waals surface area contributed by atoms with E-state index in [-0.39, 0.29) is 11.3 Å². The van der Waals surface area contributed by atoms with E-state index in [0.717, 1.165) is 18.4 Å². The lowest BCUT2D eigenvalue weighted by molar-refractivity contribution is -0.127. The molecule has 0 spiro atoms. The Bertz CT molecular complexity index is 399. The van der Waals surface area contributed by atoms with Crippen LogP contribution >= 0.6 is 0 Å². The van der Waals surface area contributed by atoms with E-state index in [1.54, 1.807) is 12.1 Å². The number of rotatable bonds is 1. The minimum absolute atomic E-state index is 0.185. The van der Waals surface area contributed by atoms with Gasteiger partial charge in [0.25, 0.3) is 0 Å². The maximum Gasteiger partial charge on any atom is 0.393 e. The lowest BCUT2D eigenvalue weighted by atomic mass is 9.96. The van der Waals surface area contributed by atoms with Crippen molar-refractivity contribution in [3.05, 3.63) is 23.3 Å². The molecule has 5 heteroatoms. The predicted molar refractivity (Wildman–Crippen MR) is 57.4 cm³/mol. The van der Waals surface area contributed by atoms with E-state index < -0.39 is 12.6 Å². The van der Waals surface area contributed by atoms with Crippen LogP contribution in [-0.4, -0.2) is 12.7 Å². The first-order valence-electron chi connectivity index (χ1n) is 5.18. The van der Waals surface area contributed by atoms with Gasteiger partial charge in [0, 0.05) is 23.5 Å². The highest BCUT2D eigenvalue weighted by Crippen LogP contribution is 2.34. The van der Waals surface area contributed by atoms with E-state index in [0.29, 0.717) is 12.2 Å². The number of hydrogen-bond donors (Lipinski definition) is 2. The molecule has 1 aliphatic heterocycles. The minimum atomic E-state index is -4.22. The third-order valence-electron chi connectivity index (χ3n) is 2.74. The first-order chi connectivity index (χ1) is 7.47. The zero-order valence-corrected chi connectivity index (χ0v) is 8.69. The molecule has 0 atom stereocenters. The fraction of sp³-hybridized carbons (Fsp3) is 0.455. The second-order valence-electron chi connectivity index (χ2n) is 3.99. The SMILES string of the molecule is Nc1ccc2c(c1CC(F)(F)F)NCCC2. The summed E-state index contributed by atoms with van der Waals surface area (Å²) in [5, 5.41) is 3.01. The molecule has 2 rings (SSSR count). The first-order valence-corrected chi connectivity index (χ1v) is 5.18. The molecular formula is C11H13F3N2. The second-order valence-corrected chi connectivity index (χ2v) is 3.99. The van der Waals surface area contributed by atoms with Crippen molar-refractivity contribution in [2.75, 3.05) is 17.6 Å². The maximum atomic E-state index is 12.4. The van der Waals surface area contributed by atoms with Crippen molar-refractivity contribution in [3.63, 3.8) is 0 Å². The minimum Gasteiger partial charge on any atom is -0.398 e. The van der Waals surface area contributed by atoms with Crippen molar-refractivity contribution in [3.8, 4) is 0 Å². The van der Waals surface area contributed by atoms with Crippen molar-refractivity contribution in [2.24, 2.45) is 0 Å². The number of halogens is 3. The van der Waals surface area contributed by atoms with Gasteiger partial charge < -0.3 is 11.1 Å². The second kappa shape index (κ2) is 3.88. The average molecular weight is 230 g/mol. The van der Waals surface area contributed by atoms with Crippen molar-refractivity contribution < 1.29 is 13.2 Å². The average Bonchev–Trinajstić information content (AvgIpc) is 2.21. The summed E-state index contributed by atoms with van der Waals surface area (Å²) in [6.07, 6.45) is -3.42. The van der Waals surface area contributed by atoms with E-state index in [2.05, 4.69) is 5.32 Å². The normalized spacial score (nSPS) is 15.4. The fourth-order valence-electron chi connectivity index (χ4n) is 2.02. The largest absolute Gasteiger partial charge is 0.398 e. The number of nitrogen functional groups attached to an aromatic ring is 1. The Morgan fingerprint density at radius 2 is 2.06 bits per heavy atom. The third-order valence-corrected chi connectivity index (χ3v) is 2.74. The summed E-state index contributed by atoms with van der Waals surface area (Å²) in [6, 6.07) is 3.36. The van der Waals surface area contributed by atoms with Crippen LogP contribution in [0.1, 0.15) is 17.5 Å². The van der Waals surface area contributed by atoms with Crippen LogP contribution in [0.2, 0.25) is 0 Å². The van der Waals surface area contributed by atoms with Gasteiger partial charge >= 0.3 is 6.18 Å². The predicted octanol–water partition coefficient (Wildman–Crippen LogP) is 2.73. The number of anilines is 2. The Balaban J connectivity index is 2.42. The summed E-state index contributed by atoms with van der Waals surface area (Å²) in [7, 11) is 0. The molecule has 1 heterocycles. The van der Waals surface area contributed by atoms with Gasteiger partial charge in [-0.1, -0.05) is 6.07 Å². The van der Waals surface area contributed by atoms with Gasteiger partial charge in [-0.15, -0.1) is 0 Å². The van der Waals surface area contributed by atoms with Gasteiger partial charge in [0.2, 0.25) is 0 Å². The number of nitrogens with two attached hydrogens (primary N) is 1. The Labute approximate surface area is 91.6 Å². The molecule has 0 bridgehead atoms. The van der Waals surface area contributed by atoms with Crippen LogP contribution in [0.15, 0.2) is 12.1 Å². The molecule has 3 N–H and O–H groups in total. The Kier molecular flexibility index (Phi) is 2.69. The van der Waals surface area contributed by atoms with Gasteiger partial charge in [0.05, 0.1) is 6.42 Å². The highest BCUT2D eigenvalue weighted by molar-refractivity contribution is 5.68. The number of alkyl halides is 3. The summed E-state index contributed by atoms with van der Waals surface area (Å²) in [5.74, 6) is 0. The summed E-state index contributed by atoms with van der Waals surface area (Å²) >= 11 is 0. The number of aryl methyl sites for hydroxylation is 1. The molecule has 0 unspecified atom stereocenters. The molecule has 1 aromatic rings. The zero-order valence-electron chi connectivity index (χ0n) is 8.69. The molecule has 16 heavy (non-hydrogen) atoms. The summed E-state index contributed by atoms with van der Waals surface area (Å²) in [6.45, 7) is 0.710. The number of fused-ring (bicyclic) bond motifs is 1. The lowest BCUT2D eigenvalue weighted by Gasteiger charge is -2.23. The molecule has 0 saturated carbocycles. The van der Waals surface area contributed by atoms with Crippen molar-refractivity contribution in [1.29, 1.82) is 0 Å². The van der Waals surface area contributed by atoms with Crippen LogP contribution in [0.25, 0.3) is 0 Å². The van der Waals surface area contributed by atoms with Gasteiger partial charge in [-0.3, -0.25) is 0 Å².